The van der Waals surface area contributed by atoms with Gasteiger partial charge in [-0.2, -0.15) is 0 Å². The minimum Gasteiger partial charge on any atom is -0.416 e. The average Bonchev–Trinajstić information content (AvgIpc) is 3.06. The van der Waals surface area contributed by atoms with E-state index in [9.17, 15) is 0 Å². The number of likely N-dealkylation sites (tertiary alicyclic amines) is 1. The molecule has 2 aromatic rings. The molecule has 114 valence electrons. The maximum Gasteiger partial charge on any atom is 0.276 e. The molecule has 2 aromatic heterocycles. The Balaban J connectivity index is 1.50. The third-order valence-electron chi connectivity index (χ3n) is 3.61. The van der Waals surface area contributed by atoms with E-state index in [4.69, 9.17) is 4.42 Å². The highest BCUT2D eigenvalue weighted by molar-refractivity contribution is 7.99. The summed E-state index contributed by atoms with van der Waals surface area (Å²) in [6.45, 7) is 4.40. The van der Waals surface area contributed by atoms with Crippen LogP contribution >= 0.6 is 23.1 Å². The van der Waals surface area contributed by atoms with Crippen LogP contribution in [0.2, 0.25) is 0 Å². The van der Waals surface area contributed by atoms with Crippen molar-refractivity contribution in [3.63, 3.8) is 0 Å². The maximum atomic E-state index is 5.71. The molecule has 21 heavy (non-hydrogen) atoms. The number of thiazole rings is 1. The molecule has 5 nitrogen and oxygen atoms in total. The Morgan fingerprint density at radius 3 is 3.14 bits per heavy atom. The van der Waals surface area contributed by atoms with Gasteiger partial charge in [0.25, 0.3) is 5.22 Å². The van der Waals surface area contributed by atoms with Gasteiger partial charge in [-0.15, -0.1) is 21.5 Å². The molecule has 0 spiro atoms. The summed E-state index contributed by atoms with van der Waals surface area (Å²) in [5.41, 5.74) is 1.01. The normalized spacial score (nSPS) is 20.0. The molecule has 1 unspecified atom stereocenters. The van der Waals surface area contributed by atoms with Gasteiger partial charge in [0.05, 0.1) is 17.1 Å². The van der Waals surface area contributed by atoms with Crippen LogP contribution in [0.5, 0.6) is 0 Å². The first-order valence-corrected chi connectivity index (χ1v) is 9.10. The van der Waals surface area contributed by atoms with Crippen molar-refractivity contribution in [2.24, 2.45) is 5.92 Å². The third-order valence-corrected chi connectivity index (χ3v) is 5.48. The maximum absolute atomic E-state index is 5.71. The molecule has 1 atom stereocenters. The second kappa shape index (κ2) is 6.89. The number of aryl methyl sites for hydroxylation is 1. The Labute approximate surface area is 133 Å². The first-order valence-electron chi connectivity index (χ1n) is 7.24. The standard InChI is InChI=1S/C14H20N4OS2/c1-10-15-12(9-20-10)6-13-16-17-14(19-13)21-8-11-4-3-5-18(2)7-11/h9,11H,3-8H2,1-2H3. The lowest BCUT2D eigenvalue weighted by atomic mass is 10.0. The number of rotatable bonds is 5. The van der Waals surface area contributed by atoms with Crippen LogP contribution in [0.1, 0.15) is 29.4 Å². The number of hydrogen-bond donors (Lipinski definition) is 0. The lowest BCUT2D eigenvalue weighted by Crippen LogP contribution is -2.33. The van der Waals surface area contributed by atoms with Gasteiger partial charge in [0.15, 0.2) is 0 Å². The van der Waals surface area contributed by atoms with E-state index < -0.39 is 0 Å². The molecule has 0 aliphatic carbocycles. The highest BCUT2D eigenvalue weighted by Gasteiger charge is 2.18. The van der Waals surface area contributed by atoms with Crippen LogP contribution in [0.15, 0.2) is 15.0 Å². The van der Waals surface area contributed by atoms with E-state index in [1.54, 1.807) is 23.1 Å². The average molecular weight is 324 g/mol. The fourth-order valence-corrected chi connectivity index (χ4v) is 4.13. The highest BCUT2D eigenvalue weighted by Crippen LogP contribution is 2.25. The summed E-state index contributed by atoms with van der Waals surface area (Å²) in [5.74, 6) is 2.44. The smallest absolute Gasteiger partial charge is 0.276 e. The molecular formula is C14H20N4OS2. The highest BCUT2D eigenvalue weighted by atomic mass is 32.2. The lowest BCUT2D eigenvalue weighted by molar-refractivity contribution is 0.224. The molecule has 1 aliphatic heterocycles. The molecule has 7 heteroatoms. The Hall–Kier alpha value is -0.920. The second-order valence-corrected chi connectivity index (χ2v) is 7.61. The topological polar surface area (TPSA) is 55.1 Å². The van der Waals surface area contributed by atoms with E-state index in [1.165, 1.54) is 25.9 Å². The Bertz CT molecular complexity index is 583. The first kappa shape index (κ1) is 15.0. The van der Waals surface area contributed by atoms with Crippen LogP contribution < -0.4 is 0 Å². The molecule has 0 bridgehead atoms. The number of nitrogens with zero attached hydrogens (tertiary/aromatic N) is 4. The number of hydrogen-bond acceptors (Lipinski definition) is 7. The van der Waals surface area contributed by atoms with Gasteiger partial charge in [0, 0.05) is 17.7 Å². The van der Waals surface area contributed by atoms with Crippen LogP contribution in [0.3, 0.4) is 0 Å². The van der Waals surface area contributed by atoms with Crippen molar-refractivity contribution in [3.8, 4) is 0 Å². The van der Waals surface area contributed by atoms with Gasteiger partial charge < -0.3 is 9.32 Å². The summed E-state index contributed by atoms with van der Waals surface area (Å²) in [4.78, 5) is 6.82. The summed E-state index contributed by atoms with van der Waals surface area (Å²) >= 11 is 3.33. The predicted molar refractivity (Wildman–Crippen MR) is 84.9 cm³/mol. The van der Waals surface area contributed by atoms with E-state index in [1.807, 2.05) is 12.3 Å². The minimum absolute atomic E-state index is 0.629. The number of piperidine rings is 1. The SMILES string of the molecule is Cc1nc(Cc2nnc(SCC3CCCN(C)C3)o2)cs1. The molecule has 1 aliphatic rings. The van der Waals surface area contributed by atoms with Crippen molar-refractivity contribution in [1.29, 1.82) is 0 Å². The van der Waals surface area contributed by atoms with E-state index in [0.29, 0.717) is 17.5 Å². The summed E-state index contributed by atoms with van der Waals surface area (Å²) in [6, 6.07) is 0. The Morgan fingerprint density at radius 1 is 1.48 bits per heavy atom. The quantitative estimate of drug-likeness (QED) is 0.788. The van der Waals surface area contributed by atoms with E-state index in [0.717, 1.165) is 22.4 Å². The summed E-state index contributed by atoms with van der Waals surface area (Å²) in [5, 5.41) is 12.0. The van der Waals surface area contributed by atoms with Gasteiger partial charge in [0.2, 0.25) is 5.89 Å². The van der Waals surface area contributed by atoms with Crippen molar-refractivity contribution in [2.45, 2.75) is 31.4 Å². The van der Waals surface area contributed by atoms with Crippen molar-refractivity contribution < 1.29 is 4.42 Å². The molecular weight excluding hydrogens is 304 g/mol. The van der Waals surface area contributed by atoms with Gasteiger partial charge >= 0.3 is 0 Å². The molecule has 1 fully saturated rings. The second-order valence-electron chi connectivity index (χ2n) is 5.58. The van der Waals surface area contributed by atoms with Crippen LogP contribution in [-0.2, 0) is 6.42 Å². The Morgan fingerprint density at radius 2 is 2.38 bits per heavy atom. The lowest BCUT2D eigenvalue weighted by Gasteiger charge is -2.28. The summed E-state index contributed by atoms with van der Waals surface area (Å²) in [7, 11) is 2.19. The monoisotopic (exact) mass is 324 g/mol. The van der Waals surface area contributed by atoms with Gasteiger partial charge in [-0.25, -0.2) is 4.98 Å². The van der Waals surface area contributed by atoms with Crippen LogP contribution in [-0.4, -0.2) is 46.0 Å². The van der Waals surface area contributed by atoms with Crippen molar-refractivity contribution in [1.82, 2.24) is 20.1 Å². The number of aromatic nitrogens is 3. The largest absolute Gasteiger partial charge is 0.416 e. The molecule has 1 saturated heterocycles. The fraction of sp³-hybridized carbons (Fsp3) is 0.643. The molecule has 3 heterocycles. The molecule has 0 N–H and O–H groups in total. The molecule has 3 rings (SSSR count). The molecule has 0 saturated carbocycles. The predicted octanol–water partition coefficient (Wildman–Crippen LogP) is 2.86. The number of thioether (sulfide) groups is 1. The summed E-state index contributed by atoms with van der Waals surface area (Å²) in [6.07, 6.45) is 3.22. The van der Waals surface area contributed by atoms with Crippen LogP contribution in [0.4, 0.5) is 0 Å². The van der Waals surface area contributed by atoms with Crippen LogP contribution in [0, 0.1) is 12.8 Å². The Kier molecular flexibility index (Phi) is 4.92. The van der Waals surface area contributed by atoms with Crippen molar-refractivity contribution in [3.05, 3.63) is 22.0 Å². The van der Waals surface area contributed by atoms with E-state index in [-0.39, 0.29) is 0 Å². The van der Waals surface area contributed by atoms with Crippen molar-refractivity contribution >= 4 is 23.1 Å². The first-order chi connectivity index (χ1) is 10.2. The fourth-order valence-electron chi connectivity index (χ4n) is 2.61. The third kappa shape index (κ3) is 4.28. The van der Waals surface area contributed by atoms with Gasteiger partial charge in [0.1, 0.15) is 0 Å². The van der Waals surface area contributed by atoms with Crippen molar-refractivity contribution in [2.75, 3.05) is 25.9 Å². The molecule has 0 amide bonds. The van der Waals surface area contributed by atoms with E-state index in [2.05, 4.69) is 27.1 Å². The zero-order valence-electron chi connectivity index (χ0n) is 12.4. The van der Waals surface area contributed by atoms with E-state index >= 15 is 0 Å². The summed E-state index contributed by atoms with van der Waals surface area (Å²) < 4.78 is 5.71. The zero-order valence-corrected chi connectivity index (χ0v) is 14.0. The zero-order chi connectivity index (χ0) is 14.7. The van der Waals surface area contributed by atoms with Gasteiger partial charge in [-0.1, -0.05) is 11.8 Å². The van der Waals surface area contributed by atoms with Gasteiger partial charge in [-0.3, -0.25) is 0 Å². The van der Waals surface area contributed by atoms with Gasteiger partial charge in [-0.05, 0) is 39.3 Å². The molecule has 0 aromatic carbocycles. The molecule has 0 radical (unpaired) electrons. The minimum atomic E-state index is 0.629. The van der Waals surface area contributed by atoms with Crippen LogP contribution in [0.25, 0.3) is 0 Å².